The summed E-state index contributed by atoms with van der Waals surface area (Å²) in [5, 5.41) is 5.23. The normalized spacial score (nSPS) is 16.2. The van der Waals surface area contributed by atoms with Gasteiger partial charge in [0.05, 0.1) is 26.7 Å². The Balaban J connectivity index is 1.80. The van der Waals surface area contributed by atoms with Crippen LogP contribution in [-0.4, -0.2) is 32.0 Å². The van der Waals surface area contributed by atoms with Crippen molar-refractivity contribution in [2.24, 2.45) is 4.99 Å². The second-order valence-electron chi connectivity index (χ2n) is 5.82. The van der Waals surface area contributed by atoms with Crippen LogP contribution in [0.1, 0.15) is 28.4 Å². The number of rotatable bonds is 4. The Bertz CT molecular complexity index is 896. The average Bonchev–Trinajstić information content (AvgIpc) is 2.67. The summed E-state index contributed by atoms with van der Waals surface area (Å²) in [5.74, 6) is 0.464. The van der Waals surface area contributed by atoms with Crippen LogP contribution < -0.4 is 20.1 Å². The van der Waals surface area contributed by atoms with Crippen LogP contribution in [0, 0.1) is 0 Å². The van der Waals surface area contributed by atoms with Crippen molar-refractivity contribution in [2.75, 3.05) is 14.2 Å². The number of ether oxygens (including phenoxy) is 2. The lowest BCUT2D eigenvalue weighted by atomic mass is 10.0. The molecule has 0 unspecified atom stereocenters. The Morgan fingerprint density at radius 1 is 1.15 bits per heavy atom. The third kappa shape index (κ3) is 4.46. The van der Waals surface area contributed by atoms with E-state index in [9.17, 15) is 9.59 Å². The van der Waals surface area contributed by atoms with Gasteiger partial charge in [0.2, 0.25) is 11.9 Å². The molecular weight excluding hydrogens is 414 g/mol. The second-order valence-corrected chi connectivity index (χ2v) is 6.74. The van der Waals surface area contributed by atoms with Gasteiger partial charge in [0.1, 0.15) is 0 Å². The first-order valence-corrected chi connectivity index (χ1v) is 8.96. The van der Waals surface area contributed by atoms with E-state index in [0.29, 0.717) is 17.1 Å². The van der Waals surface area contributed by atoms with Crippen LogP contribution in [-0.2, 0) is 4.79 Å². The average molecular weight is 432 g/mol. The van der Waals surface area contributed by atoms with Crippen LogP contribution in [0.4, 0.5) is 0 Å². The van der Waals surface area contributed by atoms with Crippen molar-refractivity contribution < 1.29 is 19.1 Å². The Labute approximate surface area is 164 Å². The number of nitrogens with one attached hydrogen (secondary N) is 2. The van der Waals surface area contributed by atoms with Gasteiger partial charge in [-0.05, 0) is 35.9 Å². The first-order chi connectivity index (χ1) is 13.0. The van der Waals surface area contributed by atoms with E-state index in [4.69, 9.17) is 9.47 Å². The molecule has 0 aromatic heterocycles. The SMILES string of the molecule is COc1ccc(C(=O)NC2=N[C@@H](c3ccc(Br)cc3)CC(=O)N2)cc1OC. The van der Waals surface area contributed by atoms with Crippen molar-refractivity contribution in [1.82, 2.24) is 10.6 Å². The lowest BCUT2D eigenvalue weighted by molar-refractivity contribution is -0.120. The van der Waals surface area contributed by atoms with Crippen LogP contribution >= 0.6 is 15.9 Å². The first-order valence-electron chi connectivity index (χ1n) is 8.16. The number of benzene rings is 2. The first kappa shape index (κ1) is 18.9. The molecule has 1 aliphatic rings. The van der Waals surface area contributed by atoms with Gasteiger partial charge < -0.3 is 9.47 Å². The number of amides is 2. The molecule has 7 nitrogen and oxygen atoms in total. The number of carbonyl (C=O) groups excluding carboxylic acids is 2. The summed E-state index contributed by atoms with van der Waals surface area (Å²) in [7, 11) is 3.01. The molecule has 8 heteroatoms. The maximum Gasteiger partial charge on any atom is 0.258 e. The second kappa shape index (κ2) is 8.22. The van der Waals surface area contributed by atoms with Gasteiger partial charge in [-0.2, -0.15) is 0 Å². The van der Waals surface area contributed by atoms with Gasteiger partial charge in [0.15, 0.2) is 11.5 Å². The molecule has 140 valence electrons. The highest BCUT2D eigenvalue weighted by atomic mass is 79.9. The fourth-order valence-electron chi connectivity index (χ4n) is 2.69. The number of aliphatic imine (C=N–C) groups is 1. The molecule has 2 amide bonds. The molecule has 2 aromatic carbocycles. The number of carbonyl (C=O) groups is 2. The Morgan fingerprint density at radius 3 is 2.52 bits per heavy atom. The molecule has 1 heterocycles. The highest BCUT2D eigenvalue weighted by molar-refractivity contribution is 9.10. The number of guanidine groups is 1. The van der Waals surface area contributed by atoms with Gasteiger partial charge >= 0.3 is 0 Å². The minimum atomic E-state index is -0.411. The van der Waals surface area contributed by atoms with Crippen LogP contribution in [0.3, 0.4) is 0 Å². The molecule has 2 aromatic rings. The lowest BCUT2D eigenvalue weighted by Gasteiger charge is -2.21. The molecule has 0 radical (unpaired) electrons. The fraction of sp³-hybridized carbons (Fsp3) is 0.211. The predicted molar refractivity (Wildman–Crippen MR) is 104 cm³/mol. The van der Waals surface area contributed by atoms with E-state index in [2.05, 4.69) is 31.6 Å². The van der Waals surface area contributed by atoms with Gasteiger partial charge in [-0.15, -0.1) is 0 Å². The Kier molecular flexibility index (Phi) is 5.75. The fourth-order valence-corrected chi connectivity index (χ4v) is 2.95. The van der Waals surface area contributed by atoms with Crippen molar-refractivity contribution in [1.29, 1.82) is 0 Å². The summed E-state index contributed by atoms with van der Waals surface area (Å²) in [6, 6.07) is 12.0. The molecule has 1 atom stereocenters. The van der Waals surface area contributed by atoms with E-state index in [1.54, 1.807) is 18.2 Å². The number of nitrogens with zero attached hydrogens (tertiary/aromatic N) is 1. The van der Waals surface area contributed by atoms with Crippen LogP contribution in [0.5, 0.6) is 11.5 Å². The van der Waals surface area contributed by atoms with Crippen molar-refractivity contribution >= 4 is 33.7 Å². The van der Waals surface area contributed by atoms with Gasteiger partial charge in [-0.1, -0.05) is 28.1 Å². The molecule has 0 fully saturated rings. The number of methoxy groups -OCH3 is 2. The summed E-state index contributed by atoms with van der Waals surface area (Å²) < 4.78 is 11.3. The van der Waals surface area contributed by atoms with Crippen LogP contribution in [0.2, 0.25) is 0 Å². The monoisotopic (exact) mass is 431 g/mol. The molecule has 0 saturated carbocycles. The lowest BCUT2D eigenvalue weighted by Crippen LogP contribution is -2.47. The van der Waals surface area contributed by atoms with E-state index >= 15 is 0 Å². The van der Waals surface area contributed by atoms with Crippen LogP contribution in [0.25, 0.3) is 0 Å². The zero-order chi connectivity index (χ0) is 19.4. The zero-order valence-corrected chi connectivity index (χ0v) is 16.4. The Hall–Kier alpha value is -2.87. The molecule has 0 saturated heterocycles. The minimum absolute atomic E-state index is 0.124. The molecule has 1 aliphatic heterocycles. The molecule has 2 N–H and O–H groups in total. The number of halogens is 1. The molecule has 0 aliphatic carbocycles. The summed E-state index contributed by atoms with van der Waals surface area (Å²) in [6.45, 7) is 0. The van der Waals surface area contributed by atoms with Gasteiger partial charge in [-0.3, -0.25) is 20.2 Å². The van der Waals surface area contributed by atoms with Crippen molar-refractivity contribution in [3.05, 3.63) is 58.1 Å². The van der Waals surface area contributed by atoms with Crippen molar-refractivity contribution in [2.45, 2.75) is 12.5 Å². The largest absolute Gasteiger partial charge is 0.493 e. The molecule has 27 heavy (non-hydrogen) atoms. The summed E-state index contributed by atoms with van der Waals surface area (Å²) >= 11 is 3.38. The summed E-state index contributed by atoms with van der Waals surface area (Å²) in [6.07, 6.45) is 0.220. The smallest absolute Gasteiger partial charge is 0.258 e. The van der Waals surface area contributed by atoms with Crippen molar-refractivity contribution in [3.8, 4) is 11.5 Å². The number of hydrogen-bond acceptors (Lipinski definition) is 5. The molecular formula is C19H18BrN3O4. The van der Waals surface area contributed by atoms with Crippen molar-refractivity contribution in [3.63, 3.8) is 0 Å². The minimum Gasteiger partial charge on any atom is -0.493 e. The summed E-state index contributed by atoms with van der Waals surface area (Å²) in [4.78, 5) is 29.0. The molecule has 0 bridgehead atoms. The van der Waals surface area contributed by atoms with Gasteiger partial charge in [0.25, 0.3) is 5.91 Å². The summed E-state index contributed by atoms with van der Waals surface area (Å²) in [5.41, 5.74) is 1.25. The van der Waals surface area contributed by atoms with Gasteiger partial charge in [0, 0.05) is 10.0 Å². The molecule has 3 rings (SSSR count). The maximum absolute atomic E-state index is 12.5. The standard InChI is InChI=1S/C19H18BrN3O4/c1-26-15-8-5-12(9-16(15)27-2)18(25)23-19-21-14(10-17(24)22-19)11-3-6-13(20)7-4-11/h3-9,14H,10H2,1-2H3,(H2,21,22,23,24,25)/t14-/m1/s1. The third-order valence-corrected chi connectivity index (χ3v) is 4.58. The zero-order valence-electron chi connectivity index (χ0n) is 14.8. The topological polar surface area (TPSA) is 89.0 Å². The molecule has 0 spiro atoms. The number of hydrogen-bond donors (Lipinski definition) is 2. The highest BCUT2D eigenvalue weighted by Gasteiger charge is 2.24. The van der Waals surface area contributed by atoms with E-state index in [1.165, 1.54) is 14.2 Å². The maximum atomic E-state index is 12.5. The third-order valence-electron chi connectivity index (χ3n) is 4.05. The van der Waals surface area contributed by atoms with Crippen LogP contribution in [0.15, 0.2) is 51.9 Å². The quantitative estimate of drug-likeness (QED) is 0.778. The van der Waals surface area contributed by atoms with E-state index < -0.39 is 5.91 Å². The highest BCUT2D eigenvalue weighted by Crippen LogP contribution is 2.28. The van der Waals surface area contributed by atoms with E-state index in [1.807, 2.05) is 24.3 Å². The van der Waals surface area contributed by atoms with Gasteiger partial charge in [-0.25, -0.2) is 4.99 Å². The predicted octanol–water partition coefficient (Wildman–Crippen LogP) is 2.81. The Morgan fingerprint density at radius 2 is 1.85 bits per heavy atom. The van der Waals surface area contributed by atoms with E-state index in [-0.39, 0.29) is 24.3 Å². The van der Waals surface area contributed by atoms with E-state index in [0.717, 1.165) is 10.0 Å².